The lowest BCUT2D eigenvalue weighted by atomic mass is 10.2. The monoisotopic (exact) mass is 509 g/mol. The smallest absolute Gasteiger partial charge is 0.261 e. The standard InChI is InChI=1S/C27H31NO3S2Si/c1-21(20-33(29,30)26-28-24-17-11-12-18-25(24)32-26)19-31-34(27(2,3)4,22-13-7-5-8-14-22)23-15-9-6-10-16-23/h5-18,21H,19-20H2,1-4H3/t21-/m0/s1. The van der Waals surface area contributed by atoms with Crippen molar-refractivity contribution in [2.24, 2.45) is 5.92 Å². The third-order valence-electron chi connectivity index (χ3n) is 6.05. The minimum absolute atomic E-state index is 0.00498. The van der Waals surface area contributed by atoms with E-state index >= 15 is 0 Å². The van der Waals surface area contributed by atoms with Crippen LogP contribution in [0.3, 0.4) is 0 Å². The Morgan fingerprint density at radius 3 is 1.94 bits per heavy atom. The molecule has 0 amide bonds. The van der Waals surface area contributed by atoms with Gasteiger partial charge in [0.05, 0.1) is 16.0 Å². The Morgan fingerprint density at radius 2 is 1.41 bits per heavy atom. The van der Waals surface area contributed by atoms with Crippen molar-refractivity contribution in [3.05, 3.63) is 84.9 Å². The molecule has 0 radical (unpaired) electrons. The van der Waals surface area contributed by atoms with Crippen molar-refractivity contribution >= 4 is 50.1 Å². The molecule has 0 N–H and O–H groups in total. The molecule has 0 saturated heterocycles. The zero-order valence-electron chi connectivity index (χ0n) is 20.1. The van der Waals surface area contributed by atoms with Gasteiger partial charge in [-0.1, -0.05) is 100 Å². The fraction of sp³-hybridized carbons (Fsp3) is 0.296. The number of aromatic nitrogens is 1. The molecule has 0 aliphatic carbocycles. The summed E-state index contributed by atoms with van der Waals surface area (Å²) in [5.74, 6) is -0.177. The number of benzene rings is 3. The van der Waals surface area contributed by atoms with Crippen molar-refractivity contribution in [1.29, 1.82) is 0 Å². The summed E-state index contributed by atoms with van der Waals surface area (Å²) in [7, 11) is -6.21. The van der Waals surface area contributed by atoms with Crippen LogP contribution in [0.4, 0.5) is 0 Å². The Kier molecular flexibility index (Phi) is 7.10. The lowest BCUT2D eigenvalue weighted by molar-refractivity contribution is 0.256. The van der Waals surface area contributed by atoms with E-state index in [2.05, 4.69) is 74.3 Å². The van der Waals surface area contributed by atoms with Crippen molar-refractivity contribution in [2.45, 2.75) is 37.1 Å². The second-order valence-electron chi connectivity index (χ2n) is 9.81. The summed E-state index contributed by atoms with van der Waals surface area (Å²) in [6.45, 7) is 8.98. The van der Waals surface area contributed by atoms with Crippen molar-refractivity contribution in [3.63, 3.8) is 0 Å². The van der Waals surface area contributed by atoms with Gasteiger partial charge in [0, 0.05) is 6.61 Å². The first-order valence-electron chi connectivity index (χ1n) is 11.5. The Balaban J connectivity index is 1.62. The molecule has 4 rings (SSSR count). The number of fused-ring (bicyclic) bond motifs is 1. The van der Waals surface area contributed by atoms with Crippen LogP contribution in [-0.4, -0.2) is 34.1 Å². The van der Waals surface area contributed by atoms with Gasteiger partial charge in [-0.2, -0.15) is 0 Å². The third kappa shape index (κ3) is 4.89. The van der Waals surface area contributed by atoms with Crippen LogP contribution in [0.15, 0.2) is 89.3 Å². The average molecular weight is 510 g/mol. The van der Waals surface area contributed by atoms with Crippen LogP contribution < -0.4 is 10.4 Å². The third-order valence-corrected chi connectivity index (χ3v) is 14.5. The molecule has 0 fully saturated rings. The topological polar surface area (TPSA) is 56.3 Å². The molecule has 0 bridgehead atoms. The zero-order valence-corrected chi connectivity index (χ0v) is 22.7. The summed E-state index contributed by atoms with van der Waals surface area (Å²) < 4.78 is 34.4. The minimum atomic E-state index is -3.51. The molecule has 0 spiro atoms. The SMILES string of the molecule is C[C@@H](CO[Si](c1ccccc1)(c1ccccc1)C(C)(C)C)CS(=O)(=O)c1nc2ccccc2s1. The summed E-state index contributed by atoms with van der Waals surface area (Å²) >= 11 is 1.24. The molecule has 1 atom stereocenters. The van der Waals surface area contributed by atoms with Gasteiger partial charge in [0.25, 0.3) is 8.32 Å². The van der Waals surface area contributed by atoms with Crippen LogP contribution in [0.25, 0.3) is 10.2 Å². The first kappa shape index (κ1) is 24.8. The number of hydrogen-bond acceptors (Lipinski definition) is 5. The maximum Gasteiger partial charge on any atom is 0.261 e. The lowest BCUT2D eigenvalue weighted by Crippen LogP contribution is -2.67. The molecule has 0 saturated carbocycles. The van der Waals surface area contributed by atoms with Crippen molar-refractivity contribution in [2.75, 3.05) is 12.4 Å². The zero-order chi connectivity index (χ0) is 24.4. The summed E-state index contributed by atoms with van der Waals surface area (Å²) in [6, 6.07) is 28.4. The minimum Gasteiger partial charge on any atom is -0.407 e. The molecule has 0 aliphatic heterocycles. The highest BCUT2D eigenvalue weighted by molar-refractivity contribution is 7.93. The van der Waals surface area contributed by atoms with Gasteiger partial charge in [-0.05, 0) is 33.5 Å². The maximum atomic E-state index is 13.2. The normalized spacial score (nSPS) is 13.8. The van der Waals surface area contributed by atoms with Crippen LogP contribution in [0.5, 0.6) is 0 Å². The Morgan fingerprint density at radius 1 is 0.882 bits per heavy atom. The fourth-order valence-corrected chi connectivity index (χ4v) is 12.1. The van der Waals surface area contributed by atoms with Crippen molar-refractivity contribution in [1.82, 2.24) is 4.98 Å². The van der Waals surface area contributed by atoms with Gasteiger partial charge in [0.2, 0.25) is 14.2 Å². The molecule has 3 aromatic carbocycles. The van der Waals surface area contributed by atoms with E-state index in [1.807, 2.05) is 43.3 Å². The molecule has 34 heavy (non-hydrogen) atoms. The molecule has 0 aliphatic rings. The number of hydrogen-bond donors (Lipinski definition) is 0. The fourth-order valence-electron chi connectivity index (χ4n) is 4.51. The predicted molar refractivity (Wildman–Crippen MR) is 144 cm³/mol. The number of sulfone groups is 1. The van der Waals surface area contributed by atoms with E-state index in [0.717, 1.165) is 10.2 Å². The van der Waals surface area contributed by atoms with Gasteiger partial charge in [0.1, 0.15) is 0 Å². The highest BCUT2D eigenvalue weighted by Gasteiger charge is 2.50. The van der Waals surface area contributed by atoms with Gasteiger partial charge >= 0.3 is 0 Å². The van der Waals surface area contributed by atoms with Crippen molar-refractivity contribution < 1.29 is 12.8 Å². The molecular formula is C27H31NO3S2Si. The van der Waals surface area contributed by atoms with E-state index in [1.165, 1.54) is 21.7 Å². The largest absolute Gasteiger partial charge is 0.407 e. The molecule has 7 heteroatoms. The molecule has 0 unspecified atom stereocenters. The van der Waals surface area contributed by atoms with Crippen molar-refractivity contribution in [3.8, 4) is 0 Å². The van der Waals surface area contributed by atoms with Gasteiger partial charge in [0.15, 0.2) is 0 Å². The van der Waals surface area contributed by atoms with Crippen LogP contribution in [0.2, 0.25) is 5.04 Å². The van der Waals surface area contributed by atoms with Gasteiger partial charge in [-0.25, -0.2) is 13.4 Å². The first-order chi connectivity index (χ1) is 16.1. The molecule has 4 aromatic rings. The van der Waals surface area contributed by atoms with E-state index in [9.17, 15) is 8.42 Å². The first-order valence-corrected chi connectivity index (χ1v) is 15.8. The lowest BCUT2D eigenvalue weighted by Gasteiger charge is -2.43. The van der Waals surface area contributed by atoms with E-state index in [4.69, 9.17) is 4.43 Å². The summed E-state index contributed by atoms with van der Waals surface area (Å²) in [6.07, 6.45) is 0. The van der Waals surface area contributed by atoms with E-state index in [1.54, 1.807) is 0 Å². The summed E-state index contributed by atoms with van der Waals surface area (Å²) in [5, 5.41) is 2.23. The molecule has 178 valence electrons. The average Bonchev–Trinajstić information content (AvgIpc) is 3.25. The Labute approximate surface area is 207 Å². The van der Waals surface area contributed by atoms with E-state index < -0.39 is 18.2 Å². The second kappa shape index (κ2) is 9.74. The van der Waals surface area contributed by atoms with Gasteiger partial charge < -0.3 is 4.43 Å². The molecule has 1 aromatic heterocycles. The molecule has 1 heterocycles. The second-order valence-corrected chi connectivity index (χ2v) is 17.4. The van der Waals surface area contributed by atoms with Crippen LogP contribution in [-0.2, 0) is 14.3 Å². The van der Waals surface area contributed by atoms with E-state index in [-0.39, 0.29) is 21.0 Å². The van der Waals surface area contributed by atoms with Crippen LogP contribution in [0, 0.1) is 5.92 Å². The van der Waals surface area contributed by atoms with Gasteiger partial charge in [-0.15, -0.1) is 11.3 Å². The molecule has 4 nitrogen and oxygen atoms in total. The summed E-state index contributed by atoms with van der Waals surface area (Å²) in [5.41, 5.74) is 0.724. The summed E-state index contributed by atoms with van der Waals surface area (Å²) in [4.78, 5) is 4.38. The van der Waals surface area contributed by atoms with Crippen LogP contribution >= 0.6 is 11.3 Å². The predicted octanol–water partition coefficient (Wildman–Crippen LogP) is 5.28. The number of rotatable bonds is 8. The maximum absolute atomic E-state index is 13.2. The quantitative estimate of drug-likeness (QED) is 0.303. The number of para-hydroxylation sites is 1. The number of thiazole rings is 1. The highest BCUT2D eigenvalue weighted by atomic mass is 32.2. The molecular weight excluding hydrogens is 479 g/mol. The van der Waals surface area contributed by atoms with Gasteiger partial charge in [-0.3, -0.25) is 0 Å². The van der Waals surface area contributed by atoms with E-state index in [0.29, 0.717) is 6.61 Å². The van der Waals surface area contributed by atoms with Crippen LogP contribution in [0.1, 0.15) is 27.7 Å². The highest BCUT2D eigenvalue weighted by Crippen LogP contribution is 2.37. The Hall–Kier alpha value is -2.32. The Bertz CT molecular complexity index is 1270. The number of nitrogens with zero attached hydrogens (tertiary/aromatic N) is 1.